The van der Waals surface area contributed by atoms with Crippen LogP contribution < -0.4 is 5.32 Å². The van der Waals surface area contributed by atoms with E-state index in [1.54, 1.807) is 34.6 Å². The molecule has 140 valence electrons. The average Bonchev–Trinajstić information content (AvgIpc) is 2.46. The van der Waals surface area contributed by atoms with Gasteiger partial charge < -0.3 is 10.1 Å². The fourth-order valence-corrected chi connectivity index (χ4v) is 3.07. The maximum Gasteiger partial charge on any atom is 0.319 e. The molecule has 0 spiro atoms. The largest absolute Gasteiger partial charge is 0.459 e. The third kappa shape index (κ3) is 6.86. The second-order valence-corrected chi connectivity index (χ2v) is 8.61. The monoisotopic (exact) mass is 389 g/mol. The molecule has 0 saturated heterocycles. The molecule has 0 aliphatic heterocycles. The molecule has 1 aromatic rings. The van der Waals surface area contributed by atoms with E-state index in [-0.39, 0.29) is 28.5 Å². The second kappa shape index (κ2) is 8.90. The normalized spacial score (nSPS) is 12.8. The molecule has 7 heteroatoms. The number of amides is 1. The van der Waals surface area contributed by atoms with Crippen LogP contribution in [0.1, 0.15) is 48.0 Å². The SMILES string of the molecule is CCC(Sc1cc(NC(=O)C(C)C)c(F)cc1Cl)C(=O)OC(C)(C)C. The third-order valence-corrected chi connectivity index (χ3v) is 4.94. The predicted molar refractivity (Wildman–Crippen MR) is 101 cm³/mol. The van der Waals surface area contributed by atoms with Gasteiger partial charge in [-0.25, -0.2) is 4.39 Å². The van der Waals surface area contributed by atoms with Gasteiger partial charge in [-0.3, -0.25) is 9.59 Å². The number of halogens is 2. The van der Waals surface area contributed by atoms with E-state index in [2.05, 4.69) is 5.32 Å². The Morgan fingerprint density at radius 1 is 1.32 bits per heavy atom. The first-order valence-electron chi connectivity index (χ1n) is 8.14. The first-order valence-corrected chi connectivity index (χ1v) is 9.39. The summed E-state index contributed by atoms with van der Waals surface area (Å²) >= 11 is 7.31. The Labute approximate surface area is 157 Å². The first kappa shape index (κ1) is 21.8. The van der Waals surface area contributed by atoms with Crippen LogP contribution in [-0.2, 0) is 14.3 Å². The van der Waals surface area contributed by atoms with Gasteiger partial charge in [0, 0.05) is 10.8 Å². The van der Waals surface area contributed by atoms with E-state index in [0.29, 0.717) is 11.3 Å². The summed E-state index contributed by atoms with van der Waals surface area (Å²) in [5.74, 6) is -1.55. The van der Waals surface area contributed by atoms with Crippen LogP contribution >= 0.6 is 23.4 Å². The predicted octanol–water partition coefficient (Wildman–Crippen LogP) is 5.29. The van der Waals surface area contributed by atoms with Crippen LogP contribution in [0.25, 0.3) is 0 Å². The van der Waals surface area contributed by atoms with Crippen LogP contribution in [0.2, 0.25) is 5.02 Å². The number of carbonyl (C=O) groups excluding carboxylic acids is 2. The Kier molecular flexibility index (Phi) is 7.75. The van der Waals surface area contributed by atoms with Crippen LogP contribution in [0.4, 0.5) is 10.1 Å². The van der Waals surface area contributed by atoms with Crippen molar-refractivity contribution in [1.29, 1.82) is 0 Å². The summed E-state index contributed by atoms with van der Waals surface area (Å²) in [5, 5.41) is 2.24. The maximum absolute atomic E-state index is 14.1. The molecule has 0 saturated carbocycles. The highest BCUT2D eigenvalue weighted by atomic mass is 35.5. The molecule has 0 aliphatic rings. The molecule has 0 aromatic heterocycles. The van der Waals surface area contributed by atoms with Gasteiger partial charge >= 0.3 is 5.97 Å². The van der Waals surface area contributed by atoms with Gasteiger partial charge in [0.25, 0.3) is 0 Å². The van der Waals surface area contributed by atoms with Gasteiger partial charge in [-0.15, -0.1) is 11.8 Å². The number of carbonyl (C=O) groups is 2. The lowest BCUT2D eigenvalue weighted by molar-refractivity contribution is -0.154. The Morgan fingerprint density at radius 3 is 2.40 bits per heavy atom. The van der Waals surface area contributed by atoms with Crippen molar-refractivity contribution in [2.45, 2.75) is 63.7 Å². The Morgan fingerprint density at radius 2 is 1.92 bits per heavy atom. The van der Waals surface area contributed by atoms with Crippen molar-refractivity contribution in [3.8, 4) is 0 Å². The van der Waals surface area contributed by atoms with Crippen LogP contribution in [0.5, 0.6) is 0 Å². The lowest BCUT2D eigenvalue weighted by Crippen LogP contribution is -2.30. The molecule has 25 heavy (non-hydrogen) atoms. The van der Waals surface area contributed by atoms with Gasteiger partial charge in [-0.2, -0.15) is 0 Å². The Hall–Kier alpha value is -1.27. The summed E-state index contributed by atoms with van der Waals surface area (Å²) in [6.45, 7) is 10.7. The summed E-state index contributed by atoms with van der Waals surface area (Å²) in [7, 11) is 0. The summed E-state index contributed by atoms with van der Waals surface area (Å²) in [4.78, 5) is 24.6. The summed E-state index contributed by atoms with van der Waals surface area (Å²) in [5.41, 5.74) is -0.543. The molecule has 1 unspecified atom stereocenters. The minimum Gasteiger partial charge on any atom is -0.459 e. The second-order valence-electron chi connectivity index (χ2n) is 6.95. The van der Waals surface area contributed by atoms with Crippen molar-refractivity contribution in [3.63, 3.8) is 0 Å². The zero-order valence-electron chi connectivity index (χ0n) is 15.4. The van der Waals surface area contributed by atoms with E-state index < -0.39 is 16.7 Å². The number of anilines is 1. The number of nitrogens with one attached hydrogen (secondary N) is 1. The van der Waals surface area contributed by atoms with Crippen LogP contribution in [0, 0.1) is 11.7 Å². The van der Waals surface area contributed by atoms with Crippen molar-refractivity contribution in [3.05, 3.63) is 23.0 Å². The van der Waals surface area contributed by atoms with Gasteiger partial charge in [-0.05, 0) is 39.3 Å². The van der Waals surface area contributed by atoms with Crippen molar-refractivity contribution >= 4 is 40.9 Å². The lowest BCUT2D eigenvalue weighted by atomic mass is 10.2. The zero-order valence-corrected chi connectivity index (χ0v) is 17.0. The topological polar surface area (TPSA) is 55.4 Å². The van der Waals surface area contributed by atoms with Crippen LogP contribution in [0.15, 0.2) is 17.0 Å². The fraction of sp³-hybridized carbons (Fsp3) is 0.556. The molecule has 1 atom stereocenters. The molecule has 1 N–H and O–H groups in total. The highest BCUT2D eigenvalue weighted by molar-refractivity contribution is 8.00. The van der Waals surface area contributed by atoms with Gasteiger partial charge in [0.15, 0.2) is 0 Å². The molecule has 0 aliphatic carbocycles. The number of benzene rings is 1. The molecule has 0 radical (unpaired) electrons. The van der Waals surface area contributed by atoms with Gasteiger partial charge in [0.1, 0.15) is 16.7 Å². The average molecular weight is 390 g/mol. The third-order valence-electron chi connectivity index (χ3n) is 3.11. The summed E-state index contributed by atoms with van der Waals surface area (Å²) in [6.07, 6.45) is 0.529. The molecular formula is C18H25ClFNO3S. The minimum absolute atomic E-state index is 0.0460. The van der Waals surface area contributed by atoms with Crippen molar-refractivity contribution in [2.24, 2.45) is 5.92 Å². The maximum atomic E-state index is 14.1. The van der Waals surface area contributed by atoms with E-state index in [9.17, 15) is 14.0 Å². The number of hydrogen-bond donors (Lipinski definition) is 1. The fourth-order valence-electron chi connectivity index (χ4n) is 1.81. The minimum atomic E-state index is -0.617. The van der Waals surface area contributed by atoms with Crippen LogP contribution in [-0.4, -0.2) is 22.7 Å². The van der Waals surface area contributed by atoms with Gasteiger partial charge in [0.05, 0.1) is 10.7 Å². The zero-order chi connectivity index (χ0) is 19.4. The number of rotatable bonds is 6. The molecule has 4 nitrogen and oxygen atoms in total. The molecule has 1 aromatic carbocycles. The van der Waals surface area contributed by atoms with E-state index in [0.717, 1.165) is 6.07 Å². The number of thioether (sulfide) groups is 1. The molecule has 1 rings (SSSR count). The first-order chi connectivity index (χ1) is 11.4. The van der Waals surface area contributed by atoms with E-state index in [1.165, 1.54) is 17.8 Å². The molecular weight excluding hydrogens is 365 g/mol. The summed E-state index contributed by atoms with van der Waals surface area (Å²) < 4.78 is 19.5. The lowest BCUT2D eigenvalue weighted by Gasteiger charge is -2.23. The molecule has 0 heterocycles. The molecule has 0 bridgehead atoms. The van der Waals surface area contributed by atoms with Crippen molar-refractivity contribution in [1.82, 2.24) is 0 Å². The highest BCUT2D eigenvalue weighted by Gasteiger charge is 2.26. The Bertz CT molecular complexity index is 644. The molecule has 1 amide bonds. The van der Waals surface area contributed by atoms with E-state index in [1.807, 2.05) is 6.92 Å². The number of hydrogen-bond acceptors (Lipinski definition) is 4. The Balaban J connectivity index is 3.03. The van der Waals surface area contributed by atoms with Crippen molar-refractivity contribution in [2.75, 3.05) is 5.32 Å². The van der Waals surface area contributed by atoms with Crippen LogP contribution in [0.3, 0.4) is 0 Å². The summed E-state index contributed by atoms with van der Waals surface area (Å²) in [6, 6.07) is 2.59. The van der Waals surface area contributed by atoms with Gasteiger partial charge in [-0.1, -0.05) is 32.4 Å². The van der Waals surface area contributed by atoms with Gasteiger partial charge in [0.2, 0.25) is 5.91 Å². The smallest absolute Gasteiger partial charge is 0.319 e. The highest BCUT2D eigenvalue weighted by Crippen LogP contribution is 2.36. The number of ether oxygens (including phenoxy) is 1. The van der Waals surface area contributed by atoms with E-state index >= 15 is 0 Å². The quantitative estimate of drug-likeness (QED) is 0.530. The molecule has 0 fully saturated rings. The number of esters is 1. The van der Waals surface area contributed by atoms with E-state index in [4.69, 9.17) is 16.3 Å². The standard InChI is InChI=1S/C18H25ClFNO3S/c1-7-14(17(23)24-18(4,5)6)25-15-9-13(12(20)8-11(15)19)21-16(22)10(2)3/h8-10,14H,7H2,1-6H3,(H,21,22). The van der Waals surface area contributed by atoms with Crippen molar-refractivity contribution < 1.29 is 18.7 Å².